The molecule has 8 heteroatoms. The lowest BCUT2D eigenvalue weighted by molar-refractivity contribution is 0.0555. The van der Waals surface area contributed by atoms with E-state index in [1.54, 1.807) is 44.2 Å². The third-order valence-corrected chi connectivity index (χ3v) is 6.04. The number of anilines is 1. The lowest BCUT2D eigenvalue weighted by Crippen LogP contribution is -2.36. The summed E-state index contributed by atoms with van der Waals surface area (Å²) in [5, 5.41) is 0. The largest absolute Gasteiger partial charge is 0.333 e. The van der Waals surface area contributed by atoms with Crippen molar-refractivity contribution in [2.75, 3.05) is 23.9 Å². The minimum absolute atomic E-state index is 0.0578. The average molecular weight is 410 g/mol. The van der Waals surface area contributed by atoms with Gasteiger partial charge >= 0.3 is 0 Å². The van der Waals surface area contributed by atoms with Gasteiger partial charge in [-0.1, -0.05) is 31.2 Å². The number of sulfonamides is 1. The molecule has 5 nitrogen and oxygen atoms in total. The van der Waals surface area contributed by atoms with Crippen molar-refractivity contribution in [2.45, 2.75) is 31.6 Å². The van der Waals surface area contributed by atoms with Crippen LogP contribution in [0.2, 0.25) is 0 Å². The summed E-state index contributed by atoms with van der Waals surface area (Å²) < 4.78 is 53.0. The van der Waals surface area contributed by atoms with Crippen molar-refractivity contribution >= 4 is 21.6 Å². The van der Waals surface area contributed by atoms with Crippen molar-refractivity contribution < 1.29 is 22.0 Å². The van der Waals surface area contributed by atoms with Crippen LogP contribution in [-0.2, 0) is 10.0 Å². The van der Waals surface area contributed by atoms with Gasteiger partial charge in [0.25, 0.3) is 22.4 Å². The van der Waals surface area contributed by atoms with Crippen LogP contribution >= 0.6 is 0 Å². The maximum absolute atomic E-state index is 13.1. The maximum atomic E-state index is 13.1. The Labute approximate surface area is 164 Å². The molecule has 0 radical (unpaired) electrons. The van der Waals surface area contributed by atoms with Gasteiger partial charge in [-0.05, 0) is 43.7 Å². The molecule has 0 heterocycles. The molecule has 28 heavy (non-hydrogen) atoms. The molecule has 0 aliphatic rings. The Morgan fingerprint density at radius 1 is 1.04 bits per heavy atom. The number of rotatable bonds is 9. The summed E-state index contributed by atoms with van der Waals surface area (Å²) in [6.07, 6.45) is -2.13. The topological polar surface area (TPSA) is 57.7 Å². The lowest BCUT2D eigenvalue weighted by Gasteiger charge is -2.24. The Hall–Kier alpha value is -2.48. The van der Waals surface area contributed by atoms with E-state index >= 15 is 0 Å². The van der Waals surface area contributed by atoms with E-state index in [2.05, 4.69) is 0 Å². The van der Waals surface area contributed by atoms with Crippen LogP contribution in [0.1, 0.15) is 30.6 Å². The van der Waals surface area contributed by atoms with Crippen molar-refractivity contribution in [3.63, 3.8) is 0 Å². The Bertz CT molecular complexity index is 889. The van der Waals surface area contributed by atoms with Crippen molar-refractivity contribution in [3.05, 3.63) is 60.2 Å². The molecule has 1 amide bonds. The molecule has 0 atom stereocenters. The minimum Gasteiger partial charge on any atom is -0.333 e. The Morgan fingerprint density at radius 2 is 1.71 bits per heavy atom. The van der Waals surface area contributed by atoms with E-state index in [0.717, 1.165) is 4.90 Å². The second kappa shape index (κ2) is 9.64. The average Bonchev–Trinajstić information content (AvgIpc) is 2.68. The molecule has 2 rings (SSSR count). The molecule has 2 aromatic rings. The first kappa shape index (κ1) is 21.8. The Kier molecular flexibility index (Phi) is 7.51. The van der Waals surface area contributed by atoms with Gasteiger partial charge in [-0.3, -0.25) is 9.10 Å². The van der Waals surface area contributed by atoms with Crippen molar-refractivity contribution in [1.29, 1.82) is 0 Å². The van der Waals surface area contributed by atoms with E-state index in [1.165, 1.54) is 28.6 Å². The first-order valence-electron chi connectivity index (χ1n) is 9.06. The molecule has 0 N–H and O–H groups in total. The molecule has 0 saturated heterocycles. The van der Waals surface area contributed by atoms with Crippen molar-refractivity contribution in [3.8, 4) is 0 Å². The van der Waals surface area contributed by atoms with Gasteiger partial charge in [0, 0.05) is 18.7 Å². The number of hydrogen-bond donors (Lipinski definition) is 0. The number of para-hydroxylation sites is 1. The van der Waals surface area contributed by atoms with E-state index in [1.807, 2.05) is 0 Å². The summed E-state index contributed by atoms with van der Waals surface area (Å²) in [4.78, 5) is 13.6. The zero-order chi connectivity index (χ0) is 20.7. The molecule has 0 aromatic heterocycles. The summed E-state index contributed by atoms with van der Waals surface area (Å²) in [6, 6.07) is 14.2. The number of alkyl halides is 2. The number of benzene rings is 2. The number of halogens is 2. The van der Waals surface area contributed by atoms with Crippen LogP contribution < -0.4 is 4.31 Å². The lowest BCUT2D eigenvalue weighted by atomic mass is 10.2. The zero-order valence-corrected chi connectivity index (χ0v) is 16.7. The standard InChI is InChI=1S/C20H24F2N2O3S/c1-3-13-23(15-19(21)22)20(25)16-9-8-12-18(14-16)28(26,27)24(4-2)17-10-6-5-7-11-17/h5-12,14,19H,3-4,13,15H2,1-2H3. The van der Waals surface area contributed by atoms with Gasteiger partial charge in [-0.2, -0.15) is 0 Å². The van der Waals surface area contributed by atoms with Crippen LogP contribution in [0.4, 0.5) is 14.5 Å². The highest BCUT2D eigenvalue weighted by atomic mass is 32.2. The van der Waals surface area contributed by atoms with Gasteiger partial charge < -0.3 is 4.90 Å². The fourth-order valence-corrected chi connectivity index (χ4v) is 4.42. The second-order valence-corrected chi connectivity index (χ2v) is 8.04. The Morgan fingerprint density at radius 3 is 2.29 bits per heavy atom. The molecule has 0 unspecified atom stereocenters. The molecular formula is C20H24F2N2O3S. The summed E-state index contributed by atoms with van der Waals surface area (Å²) in [6.45, 7) is 3.19. The summed E-state index contributed by atoms with van der Waals surface area (Å²) in [7, 11) is -3.91. The van der Waals surface area contributed by atoms with Gasteiger partial charge in [0.1, 0.15) is 0 Å². The normalized spacial score (nSPS) is 11.5. The van der Waals surface area contributed by atoms with Crippen LogP contribution in [0.15, 0.2) is 59.5 Å². The third-order valence-electron chi connectivity index (χ3n) is 4.14. The van der Waals surface area contributed by atoms with E-state index in [0.29, 0.717) is 12.1 Å². The monoisotopic (exact) mass is 410 g/mol. The molecule has 0 saturated carbocycles. The van der Waals surface area contributed by atoms with E-state index in [4.69, 9.17) is 0 Å². The second-order valence-electron chi connectivity index (χ2n) is 6.18. The zero-order valence-electron chi connectivity index (χ0n) is 15.9. The number of nitrogens with zero attached hydrogens (tertiary/aromatic N) is 2. The fourth-order valence-electron chi connectivity index (χ4n) is 2.90. The molecule has 0 bridgehead atoms. The van der Waals surface area contributed by atoms with Crippen LogP contribution in [0.5, 0.6) is 0 Å². The highest BCUT2D eigenvalue weighted by Crippen LogP contribution is 2.24. The van der Waals surface area contributed by atoms with Gasteiger partial charge in [0.05, 0.1) is 17.1 Å². The van der Waals surface area contributed by atoms with Crippen molar-refractivity contribution in [1.82, 2.24) is 4.90 Å². The highest BCUT2D eigenvalue weighted by Gasteiger charge is 2.26. The predicted molar refractivity (Wildman–Crippen MR) is 105 cm³/mol. The molecule has 0 aliphatic carbocycles. The number of hydrogen-bond acceptors (Lipinski definition) is 3. The quantitative estimate of drug-likeness (QED) is 0.627. The van der Waals surface area contributed by atoms with Gasteiger partial charge in [-0.25, -0.2) is 17.2 Å². The summed E-state index contributed by atoms with van der Waals surface area (Å²) in [5.41, 5.74) is 0.575. The van der Waals surface area contributed by atoms with Gasteiger partial charge in [0.15, 0.2) is 0 Å². The highest BCUT2D eigenvalue weighted by molar-refractivity contribution is 7.92. The molecule has 152 valence electrons. The number of carbonyl (C=O) groups is 1. The van der Waals surface area contributed by atoms with Crippen LogP contribution in [-0.4, -0.2) is 45.3 Å². The van der Waals surface area contributed by atoms with E-state index < -0.39 is 28.9 Å². The first-order valence-corrected chi connectivity index (χ1v) is 10.5. The molecular weight excluding hydrogens is 386 g/mol. The summed E-state index contributed by atoms with van der Waals surface area (Å²) >= 11 is 0. The first-order chi connectivity index (χ1) is 13.3. The smallest absolute Gasteiger partial charge is 0.264 e. The van der Waals surface area contributed by atoms with Crippen LogP contribution in [0, 0.1) is 0 Å². The van der Waals surface area contributed by atoms with Gasteiger partial charge in [-0.15, -0.1) is 0 Å². The fraction of sp³-hybridized carbons (Fsp3) is 0.350. The summed E-state index contributed by atoms with van der Waals surface area (Å²) in [5.74, 6) is -0.609. The predicted octanol–water partition coefficient (Wildman–Crippen LogP) is 4.02. The van der Waals surface area contributed by atoms with Crippen molar-refractivity contribution in [2.24, 2.45) is 0 Å². The SMILES string of the molecule is CCCN(CC(F)F)C(=O)c1cccc(S(=O)(=O)N(CC)c2ccccc2)c1. The number of carbonyl (C=O) groups excluding carboxylic acids is 1. The molecule has 0 spiro atoms. The van der Waals surface area contributed by atoms with E-state index in [9.17, 15) is 22.0 Å². The molecule has 0 aliphatic heterocycles. The Balaban J connectivity index is 2.39. The van der Waals surface area contributed by atoms with Crippen LogP contribution in [0.25, 0.3) is 0 Å². The third kappa shape index (κ3) is 5.07. The van der Waals surface area contributed by atoms with Crippen LogP contribution in [0.3, 0.4) is 0 Å². The molecule has 0 fully saturated rings. The minimum atomic E-state index is -3.91. The number of amides is 1. The maximum Gasteiger partial charge on any atom is 0.264 e. The van der Waals surface area contributed by atoms with Gasteiger partial charge in [0.2, 0.25) is 0 Å². The van der Waals surface area contributed by atoms with E-state index in [-0.39, 0.29) is 23.5 Å². The molecule has 2 aromatic carbocycles.